The minimum atomic E-state index is -0.360. The number of hydroxylamine groups is 1. The first-order valence-corrected chi connectivity index (χ1v) is 11.8. The second-order valence-electron chi connectivity index (χ2n) is 7.19. The van der Waals surface area contributed by atoms with E-state index < -0.39 is 0 Å². The molecule has 0 aliphatic carbocycles. The summed E-state index contributed by atoms with van der Waals surface area (Å²) in [6.45, 7) is 0. The van der Waals surface area contributed by atoms with Crippen LogP contribution in [0.5, 0.6) is 11.5 Å². The summed E-state index contributed by atoms with van der Waals surface area (Å²) in [6.07, 6.45) is 2.81. The standard InChI is InChI=1S/C24H26ClN3O4S/c1-31-21-12-9-17(14-22(21)32-2)20-15-19(16-7-10-18(25)11-8-16)26-24(27-20)33-13-5-3-4-6-23(29)28-30/h7-12,14-15,30H,3-6,13H2,1-2H3,(H,28,29). The highest BCUT2D eigenvalue weighted by atomic mass is 35.5. The number of amides is 1. The molecule has 2 aromatic carbocycles. The summed E-state index contributed by atoms with van der Waals surface area (Å²) in [5.41, 5.74) is 5.07. The fourth-order valence-electron chi connectivity index (χ4n) is 3.19. The Hall–Kier alpha value is -2.81. The molecular formula is C24H26ClN3O4S. The average molecular weight is 488 g/mol. The smallest absolute Gasteiger partial charge is 0.243 e. The predicted molar refractivity (Wildman–Crippen MR) is 130 cm³/mol. The van der Waals surface area contributed by atoms with Crippen molar-refractivity contribution in [3.05, 3.63) is 53.6 Å². The van der Waals surface area contributed by atoms with E-state index in [0.29, 0.717) is 28.1 Å². The van der Waals surface area contributed by atoms with Crippen molar-refractivity contribution in [3.8, 4) is 34.0 Å². The highest BCUT2D eigenvalue weighted by Gasteiger charge is 2.12. The number of carbonyl (C=O) groups is 1. The third-order valence-electron chi connectivity index (χ3n) is 4.93. The van der Waals surface area contributed by atoms with Crippen molar-refractivity contribution in [1.82, 2.24) is 15.4 Å². The van der Waals surface area contributed by atoms with Crippen LogP contribution in [0.2, 0.25) is 5.02 Å². The van der Waals surface area contributed by atoms with Crippen LogP contribution in [0.3, 0.4) is 0 Å². The van der Waals surface area contributed by atoms with Crippen LogP contribution < -0.4 is 15.0 Å². The maximum Gasteiger partial charge on any atom is 0.243 e. The Kier molecular flexibility index (Phi) is 9.35. The van der Waals surface area contributed by atoms with Gasteiger partial charge in [0.15, 0.2) is 16.7 Å². The van der Waals surface area contributed by atoms with Gasteiger partial charge in [-0.2, -0.15) is 0 Å². The lowest BCUT2D eigenvalue weighted by Gasteiger charge is -2.11. The van der Waals surface area contributed by atoms with Gasteiger partial charge in [-0.05, 0) is 49.2 Å². The van der Waals surface area contributed by atoms with Crippen LogP contribution in [0.4, 0.5) is 0 Å². The zero-order valence-corrected chi connectivity index (χ0v) is 20.1. The molecule has 0 saturated carbocycles. The molecule has 0 unspecified atom stereocenters. The number of unbranched alkanes of at least 4 members (excludes halogenated alkanes) is 2. The number of nitrogens with zero attached hydrogens (tertiary/aromatic N) is 2. The molecule has 0 aliphatic heterocycles. The highest BCUT2D eigenvalue weighted by Crippen LogP contribution is 2.34. The molecule has 3 aromatic rings. The van der Waals surface area contributed by atoms with E-state index in [1.54, 1.807) is 31.5 Å². The molecule has 9 heteroatoms. The minimum Gasteiger partial charge on any atom is -0.493 e. The number of hydrogen-bond acceptors (Lipinski definition) is 7. The van der Waals surface area contributed by atoms with Gasteiger partial charge >= 0.3 is 0 Å². The summed E-state index contributed by atoms with van der Waals surface area (Å²) in [7, 11) is 3.21. The van der Waals surface area contributed by atoms with Crippen molar-refractivity contribution < 1.29 is 19.5 Å². The molecule has 1 aromatic heterocycles. The Morgan fingerprint density at radius 1 is 0.939 bits per heavy atom. The zero-order chi connectivity index (χ0) is 23.6. The number of nitrogens with one attached hydrogen (secondary N) is 1. The molecule has 0 aliphatic rings. The molecule has 0 bridgehead atoms. The number of methoxy groups -OCH3 is 2. The molecule has 2 N–H and O–H groups in total. The van der Waals surface area contributed by atoms with Gasteiger partial charge in [-0.15, -0.1) is 0 Å². The first-order valence-electron chi connectivity index (χ1n) is 10.5. The second kappa shape index (κ2) is 12.4. The van der Waals surface area contributed by atoms with Crippen LogP contribution in [0.25, 0.3) is 22.5 Å². The topological polar surface area (TPSA) is 93.6 Å². The Balaban J connectivity index is 1.83. The Morgan fingerprint density at radius 3 is 2.27 bits per heavy atom. The normalized spacial score (nSPS) is 10.7. The highest BCUT2D eigenvalue weighted by molar-refractivity contribution is 7.99. The van der Waals surface area contributed by atoms with Gasteiger partial charge in [0.1, 0.15) is 0 Å². The van der Waals surface area contributed by atoms with E-state index in [2.05, 4.69) is 0 Å². The quantitative estimate of drug-likeness (QED) is 0.119. The number of thioether (sulfide) groups is 1. The molecule has 0 fully saturated rings. The van der Waals surface area contributed by atoms with Crippen molar-refractivity contribution in [3.63, 3.8) is 0 Å². The lowest BCUT2D eigenvalue weighted by atomic mass is 10.1. The van der Waals surface area contributed by atoms with Gasteiger partial charge in [0.05, 0.1) is 25.6 Å². The van der Waals surface area contributed by atoms with Crippen LogP contribution >= 0.6 is 23.4 Å². The van der Waals surface area contributed by atoms with Crippen molar-refractivity contribution >= 4 is 29.3 Å². The van der Waals surface area contributed by atoms with Crippen molar-refractivity contribution in [1.29, 1.82) is 0 Å². The molecule has 1 amide bonds. The van der Waals surface area contributed by atoms with E-state index in [9.17, 15) is 4.79 Å². The molecule has 0 radical (unpaired) electrons. The van der Waals surface area contributed by atoms with Gasteiger partial charge in [0.2, 0.25) is 5.91 Å². The lowest BCUT2D eigenvalue weighted by Crippen LogP contribution is -2.17. The van der Waals surface area contributed by atoms with Crippen LogP contribution in [-0.2, 0) is 4.79 Å². The summed E-state index contributed by atoms with van der Waals surface area (Å²) in [5.74, 6) is 1.73. The lowest BCUT2D eigenvalue weighted by molar-refractivity contribution is -0.129. The molecule has 0 atom stereocenters. The number of halogens is 1. The van der Waals surface area contributed by atoms with Gasteiger partial charge < -0.3 is 9.47 Å². The van der Waals surface area contributed by atoms with Gasteiger partial charge in [-0.1, -0.05) is 41.9 Å². The molecule has 0 saturated heterocycles. The summed E-state index contributed by atoms with van der Waals surface area (Å²) in [4.78, 5) is 20.6. The van der Waals surface area contributed by atoms with Crippen LogP contribution in [0.15, 0.2) is 53.7 Å². The van der Waals surface area contributed by atoms with Crippen molar-refractivity contribution in [2.45, 2.75) is 30.8 Å². The Labute approximate surface area is 202 Å². The third-order valence-corrected chi connectivity index (χ3v) is 6.11. The number of rotatable bonds is 11. The number of carbonyl (C=O) groups excluding carboxylic acids is 1. The molecule has 1 heterocycles. The minimum absolute atomic E-state index is 0.313. The maximum atomic E-state index is 11.1. The molecular weight excluding hydrogens is 462 g/mol. The number of hydrogen-bond donors (Lipinski definition) is 2. The Bertz CT molecular complexity index is 1080. The predicted octanol–water partition coefficient (Wildman–Crippen LogP) is 5.64. The fraction of sp³-hybridized carbons (Fsp3) is 0.292. The van der Waals surface area contributed by atoms with E-state index in [4.69, 9.17) is 36.2 Å². The summed E-state index contributed by atoms with van der Waals surface area (Å²) in [5, 5.41) is 9.89. The number of aromatic nitrogens is 2. The SMILES string of the molecule is COc1ccc(-c2cc(-c3ccc(Cl)cc3)nc(SCCCCCC(=O)NO)n2)cc1OC. The van der Waals surface area contributed by atoms with Gasteiger partial charge in [0, 0.05) is 28.3 Å². The molecule has 3 rings (SSSR count). The van der Waals surface area contributed by atoms with E-state index in [0.717, 1.165) is 47.5 Å². The van der Waals surface area contributed by atoms with Gasteiger partial charge in [-0.3, -0.25) is 10.0 Å². The van der Waals surface area contributed by atoms with E-state index in [-0.39, 0.29) is 5.91 Å². The van der Waals surface area contributed by atoms with Crippen LogP contribution in [0, 0.1) is 0 Å². The van der Waals surface area contributed by atoms with Gasteiger partial charge in [0.25, 0.3) is 0 Å². The summed E-state index contributed by atoms with van der Waals surface area (Å²) >= 11 is 7.63. The fourth-order valence-corrected chi connectivity index (χ4v) is 4.17. The van der Waals surface area contributed by atoms with Crippen molar-refractivity contribution in [2.75, 3.05) is 20.0 Å². The van der Waals surface area contributed by atoms with E-state index in [1.165, 1.54) is 0 Å². The zero-order valence-electron chi connectivity index (χ0n) is 18.5. The van der Waals surface area contributed by atoms with Gasteiger partial charge in [-0.25, -0.2) is 15.4 Å². The van der Waals surface area contributed by atoms with Crippen LogP contribution in [0.1, 0.15) is 25.7 Å². The number of ether oxygens (including phenoxy) is 2. The molecule has 0 spiro atoms. The third kappa shape index (κ3) is 7.08. The van der Waals surface area contributed by atoms with Crippen LogP contribution in [-0.4, -0.2) is 41.1 Å². The largest absolute Gasteiger partial charge is 0.493 e. The molecule has 33 heavy (non-hydrogen) atoms. The van der Waals surface area contributed by atoms with E-state index >= 15 is 0 Å². The van der Waals surface area contributed by atoms with E-state index in [1.807, 2.05) is 48.5 Å². The summed E-state index contributed by atoms with van der Waals surface area (Å²) < 4.78 is 10.8. The second-order valence-corrected chi connectivity index (χ2v) is 8.69. The first-order chi connectivity index (χ1) is 16.0. The first kappa shape index (κ1) is 24.8. The average Bonchev–Trinajstić information content (AvgIpc) is 2.85. The number of benzene rings is 2. The summed E-state index contributed by atoms with van der Waals surface area (Å²) in [6, 6.07) is 15.2. The Morgan fingerprint density at radius 2 is 1.61 bits per heavy atom. The maximum absolute atomic E-state index is 11.1. The molecule has 174 valence electrons. The van der Waals surface area contributed by atoms with Crippen molar-refractivity contribution in [2.24, 2.45) is 0 Å². The molecule has 7 nitrogen and oxygen atoms in total. The monoisotopic (exact) mass is 487 g/mol.